The molecule has 0 saturated carbocycles. The number of nitrogens with zero attached hydrogens (tertiary/aromatic N) is 5. The molecule has 1 N–H and O–H groups in total. The number of benzene rings is 1. The van der Waals surface area contributed by atoms with Gasteiger partial charge in [-0.15, -0.1) is 0 Å². The summed E-state index contributed by atoms with van der Waals surface area (Å²) in [6, 6.07) is 5.96. The lowest BCUT2D eigenvalue weighted by molar-refractivity contribution is -0.0797. The van der Waals surface area contributed by atoms with Gasteiger partial charge in [-0.05, 0) is 34.3 Å². The fraction of sp³-hybridized carbons (Fsp3) is 0.633. The van der Waals surface area contributed by atoms with Gasteiger partial charge < -0.3 is 27.7 Å². The van der Waals surface area contributed by atoms with Crippen LogP contribution in [0.4, 0.5) is 0 Å². The molecule has 2 unspecified atom stereocenters. The average Bonchev–Trinajstić information content (AvgIpc) is 3.60. The molecule has 0 radical (unpaired) electrons. The Morgan fingerprint density at radius 3 is 2.05 bits per heavy atom. The van der Waals surface area contributed by atoms with Gasteiger partial charge in [-0.2, -0.15) is 0 Å². The second-order valence-electron chi connectivity index (χ2n) is 13.4. The summed E-state index contributed by atoms with van der Waals surface area (Å²) >= 11 is 0. The van der Waals surface area contributed by atoms with Crippen LogP contribution < -0.4 is 0 Å². The number of imide groups is 1. The van der Waals surface area contributed by atoms with E-state index in [1.54, 1.807) is 35.5 Å². The summed E-state index contributed by atoms with van der Waals surface area (Å²) in [4.78, 5) is 42.8. The molecule has 44 heavy (non-hydrogen) atoms. The van der Waals surface area contributed by atoms with E-state index in [4.69, 9.17) is 17.7 Å². The lowest BCUT2D eigenvalue weighted by atomic mass is 10.1. The van der Waals surface area contributed by atoms with Crippen LogP contribution in [-0.2, 0) is 17.7 Å². The monoisotopic (exact) mass is 641 g/mol. The number of aliphatic imine (C=N–C) groups is 3. The van der Waals surface area contributed by atoms with Crippen molar-refractivity contribution in [1.29, 1.82) is 0 Å². The van der Waals surface area contributed by atoms with Crippen molar-refractivity contribution in [3.8, 4) is 0 Å². The van der Waals surface area contributed by atoms with Crippen molar-refractivity contribution in [2.75, 3.05) is 6.61 Å². The number of fused-ring (bicyclic) bond motifs is 3. The first-order chi connectivity index (χ1) is 20.8. The van der Waals surface area contributed by atoms with E-state index in [0.717, 1.165) is 4.90 Å². The number of rotatable bonds is 5. The highest BCUT2D eigenvalue weighted by atomic mass is 28.5. The quantitative estimate of drug-likeness (QED) is 0.379. The summed E-state index contributed by atoms with van der Waals surface area (Å²) in [7, 11) is -5.76. The molecule has 2 amide bonds. The molecular formula is C30H43N5O7Si2. The highest BCUT2D eigenvalue weighted by Crippen LogP contribution is 2.48. The number of amides is 2. The Morgan fingerprint density at radius 2 is 1.48 bits per heavy atom. The van der Waals surface area contributed by atoms with Crippen molar-refractivity contribution in [1.82, 2.24) is 9.80 Å². The van der Waals surface area contributed by atoms with Gasteiger partial charge in [0, 0.05) is 0 Å². The fourth-order valence-electron chi connectivity index (χ4n) is 7.24. The van der Waals surface area contributed by atoms with E-state index in [9.17, 15) is 14.7 Å². The highest BCUT2D eigenvalue weighted by Gasteiger charge is 2.62. The maximum Gasteiger partial charge on any atom is 0.335 e. The van der Waals surface area contributed by atoms with E-state index in [0.29, 0.717) is 11.1 Å². The van der Waals surface area contributed by atoms with Gasteiger partial charge in [-0.1, -0.05) is 67.5 Å². The zero-order valence-corrected chi connectivity index (χ0v) is 28.6. The predicted octanol–water partition coefficient (Wildman–Crippen LogP) is 3.80. The van der Waals surface area contributed by atoms with Gasteiger partial charge in [0.15, 0.2) is 18.4 Å². The van der Waals surface area contributed by atoms with Crippen molar-refractivity contribution in [3.63, 3.8) is 0 Å². The van der Waals surface area contributed by atoms with Gasteiger partial charge in [0.1, 0.15) is 30.5 Å². The van der Waals surface area contributed by atoms with Crippen LogP contribution in [0.5, 0.6) is 0 Å². The molecule has 0 bridgehead atoms. The van der Waals surface area contributed by atoms with Gasteiger partial charge in [-0.3, -0.25) is 14.6 Å². The van der Waals surface area contributed by atoms with E-state index in [-0.39, 0.29) is 34.6 Å². The fourth-order valence-corrected chi connectivity index (χ4v) is 18.5. The molecule has 5 aliphatic rings. The van der Waals surface area contributed by atoms with Gasteiger partial charge in [0.2, 0.25) is 0 Å². The van der Waals surface area contributed by atoms with Crippen LogP contribution in [0.25, 0.3) is 0 Å². The molecule has 0 aliphatic carbocycles. The van der Waals surface area contributed by atoms with E-state index >= 15 is 0 Å². The van der Waals surface area contributed by atoms with Gasteiger partial charge in [0.05, 0.1) is 24.1 Å². The first kappa shape index (κ1) is 31.4. The number of carbonyl (C=O) groups is 2. The molecule has 12 nitrogen and oxygen atoms in total. The van der Waals surface area contributed by atoms with Gasteiger partial charge >= 0.3 is 17.1 Å². The highest BCUT2D eigenvalue weighted by molar-refractivity contribution is 6.84. The third-order valence-corrected chi connectivity index (χ3v) is 19.8. The third kappa shape index (κ3) is 4.60. The summed E-state index contributed by atoms with van der Waals surface area (Å²) < 4.78 is 27.7. The smallest absolute Gasteiger partial charge is 0.335 e. The molecule has 238 valence electrons. The van der Waals surface area contributed by atoms with Crippen LogP contribution >= 0.6 is 0 Å². The summed E-state index contributed by atoms with van der Waals surface area (Å²) in [5, 5.41) is 11.8. The molecule has 2 fully saturated rings. The van der Waals surface area contributed by atoms with E-state index in [1.807, 2.05) is 0 Å². The molecule has 14 heteroatoms. The van der Waals surface area contributed by atoms with Crippen molar-refractivity contribution in [2.24, 2.45) is 15.0 Å². The molecule has 1 aromatic rings. The SMILES string of the molecule is CC(C)[Si]1(C(C)C)OC[C@@H]2O[C@H](N3C=NC4C(N5C(=O)c6ccccc6C5=O)=NC=NC43)[C@@H](O)[C@H]2O[Si](C(C)C)(C(C)C)O1. The summed E-state index contributed by atoms with van der Waals surface area (Å²) in [6.45, 7) is 17.4. The minimum absolute atomic E-state index is 0.0968. The van der Waals surface area contributed by atoms with Crippen molar-refractivity contribution < 1.29 is 32.4 Å². The number of aliphatic hydroxyl groups excluding tert-OH is 1. The summed E-state index contributed by atoms with van der Waals surface area (Å²) in [6.07, 6.45) is -0.933. The Kier molecular flexibility index (Phi) is 8.08. The van der Waals surface area contributed by atoms with Crippen LogP contribution in [0.15, 0.2) is 39.2 Å². The molecule has 6 rings (SSSR count). The number of hydrogen-bond donors (Lipinski definition) is 1. The zero-order valence-electron chi connectivity index (χ0n) is 26.6. The number of aliphatic hydroxyl groups is 1. The lowest BCUT2D eigenvalue weighted by Crippen LogP contribution is -2.66. The third-order valence-electron chi connectivity index (χ3n) is 9.58. The number of amidine groups is 1. The lowest BCUT2D eigenvalue weighted by Gasteiger charge is -2.51. The normalized spacial score (nSPS) is 32.4. The Hall–Kier alpha value is -2.60. The van der Waals surface area contributed by atoms with Gasteiger partial charge in [-0.25, -0.2) is 14.9 Å². The van der Waals surface area contributed by atoms with Crippen LogP contribution in [-0.4, -0.2) is 106 Å². The zero-order chi connectivity index (χ0) is 31.7. The van der Waals surface area contributed by atoms with Crippen molar-refractivity contribution in [3.05, 3.63) is 35.4 Å². The second kappa shape index (κ2) is 11.3. The molecule has 5 aliphatic heterocycles. The topological polar surface area (TPSA) is 135 Å². The molecule has 1 aromatic carbocycles. The molecule has 0 spiro atoms. The van der Waals surface area contributed by atoms with E-state index < -0.39 is 65.7 Å². The Balaban J connectivity index is 1.28. The molecule has 5 heterocycles. The minimum Gasteiger partial charge on any atom is -0.414 e. The predicted molar refractivity (Wildman–Crippen MR) is 169 cm³/mol. The Labute approximate surface area is 260 Å². The Bertz CT molecular complexity index is 1360. The van der Waals surface area contributed by atoms with E-state index in [2.05, 4.69) is 70.4 Å². The van der Waals surface area contributed by atoms with Crippen LogP contribution in [0.3, 0.4) is 0 Å². The maximum absolute atomic E-state index is 13.3. The number of hydrogen-bond acceptors (Lipinski definition) is 11. The van der Waals surface area contributed by atoms with Crippen LogP contribution in [0, 0.1) is 0 Å². The van der Waals surface area contributed by atoms with E-state index in [1.165, 1.54) is 6.34 Å². The average molecular weight is 642 g/mol. The summed E-state index contributed by atoms with van der Waals surface area (Å²) in [5.74, 6) is -0.697. The molecule has 0 aromatic heterocycles. The maximum atomic E-state index is 13.3. The second-order valence-corrected chi connectivity index (χ2v) is 22.3. The van der Waals surface area contributed by atoms with Crippen LogP contribution in [0.2, 0.25) is 22.2 Å². The van der Waals surface area contributed by atoms with Gasteiger partial charge in [0.25, 0.3) is 11.8 Å². The molecule has 6 atom stereocenters. The first-order valence-electron chi connectivity index (χ1n) is 15.6. The summed E-state index contributed by atoms with van der Waals surface area (Å²) in [5.41, 5.74) is 1.20. The molecular weight excluding hydrogens is 599 g/mol. The largest absolute Gasteiger partial charge is 0.414 e. The molecule has 2 saturated heterocycles. The standard InChI is InChI=1S/C30H43N5O7Si2/c1-16(2)43(17(3)4)39-13-22-25(41-44(42-43,18(5)6)19(7)8)24(36)30(40-22)34-15-33-23-26(34)31-14-32-27(23)35-28(37)20-11-9-10-12-21(20)29(35)38/h9-12,14-19,22-26,30,36H,13H2,1-8H3/t22-,23?,24-,25-,26?,30-/m0/s1. The van der Waals surface area contributed by atoms with Crippen molar-refractivity contribution >= 4 is 47.4 Å². The number of ether oxygens (including phenoxy) is 1. The van der Waals surface area contributed by atoms with Crippen molar-refractivity contribution in [2.45, 2.75) is 114 Å². The number of carbonyl (C=O) groups excluding carboxylic acids is 2. The van der Waals surface area contributed by atoms with Crippen LogP contribution in [0.1, 0.15) is 76.1 Å². The minimum atomic E-state index is -2.97. The Morgan fingerprint density at radius 1 is 0.886 bits per heavy atom. The first-order valence-corrected chi connectivity index (χ1v) is 19.5.